The monoisotopic (exact) mass is 295 g/mol. The second-order valence-corrected chi connectivity index (χ2v) is 7.25. The Morgan fingerprint density at radius 2 is 1.35 bits per heavy atom. The number of piperazine rings is 1. The van der Waals surface area contributed by atoms with Gasteiger partial charge in [-0.15, -0.1) is 0 Å². The average molecular weight is 295 g/mol. The molecular weight excluding hydrogens is 274 g/mol. The van der Waals surface area contributed by atoms with Gasteiger partial charge in [-0.3, -0.25) is 0 Å². The van der Waals surface area contributed by atoms with E-state index in [-0.39, 0.29) is 0 Å². The van der Waals surface area contributed by atoms with Crippen LogP contribution in [0.15, 0.2) is 24.3 Å². The van der Waals surface area contributed by atoms with E-state index in [0.717, 1.165) is 25.9 Å². The fourth-order valence-corrected chi connectivity index (χ4v) is 4.53. The highest BCUT2D eigenvalue weighted by Gasteiger charge is 2.31. The normalized spacial score (nSPS) is 22.2. The fourth-order valence-electron chi connectivity index (χ4n) is 2.92. The molecule has 1 fully saturated rings. The SMILES string of the molecule is O=S(=O)(N1CCNCC1)N1CCc2ccccc2CC1. The van der Waals surface area contributed by atoms with Crippen molar-refractivity contribution in [2.75, 3.05) is 39.3 Å². The van der Waals surface area contributed by atoms with Crippen molar-refractivity contribution in [2.45, 2.75) is 12.8 Å². The maximum absolute atomic E-state index is 12.7. The molecule has 5 nitrogen and oxygen atoms in total. The van der Waals surface area contributed by atoms with Crippen LogP contribution in [0.25, 0.3) is 0 Å². The van der Waals surface area contributed by atoms with Gasteiger partial charge >= 0.3 is 0 Å². The molecule has 0 aliphatic carbocycles. The van der Waals surface area contributed by atoms with Crippen LogP contribution >= 0.6 is 0 Å². The van der Waals surface area contributed by atoms with Crippen LogP contribution in [-0.2, 0) is 23.1 Å². The summed E-state index contributed by atoms with van der Waals surface area (Å²) in [5.41, 5.74) is 2.57. The molecule has 2 aliphatic rings. The van der Waals surface area contributed by atoms with Crippen molar-refractivity contribution >= 4 is 10.2 Å². The lowest BCUT2D eigenvalue weighted by Gasteiger charge is -2.31. The Labute approximate surface area is 120 Å². The third kappa shape index (κ3) is 2.74. The van der Waals surface area contributed by atoms with E-state index in [1.807, 2.05) is 12.1 Å². The summed E-state index contributed by atoms with van der Waals surface area (Å²) in [7, 11) is -3.30. The van der Waals surface area contributed by atoms with Gasteiger partial charge < -0.3 is 5.32 Å². The van der Waals surface area contributed by atoms with Crippen molar-refractivity contribution < 1.29 is 8.42 Å². The van der Waals surface area contributed by atoms with Gasteiger partial charge in [0.15, 0.2) is 0 Å². The van der Waals surface area contributed by atoms with E-state index < -0.39 is 10.2 Å². The van der Waals surface area contributed by atoms with E-state index in [9.17, 15) is 8.42 Å². The average Bonchev–Trinajstić information content (AvgIpc) is 2.71. The Kier molecular flexibility index (Phi) is 4.07. The fraction of sp³-hybridized carbons (Fsp3) is 0.571. The standard InChI is InChI=1S/C14H21N3O2S/c18-20(19,17-11-7-15-8-12-17)16-9-5-13-3-1-2-4-14(13)6-10-16/h1-4,15H,5-12H2. The van der Waals surface area contributed by atoms with E-state index in [0.29, 0.717) is 26.2 Å². The van der Waals surface area contributed by atoms with E-state index >= 15 is 0 Å². The molecule has 2 heterocycles. The highest BCUT2D eigenvalue weighted by molar-refractivity contribution is 7.86. The molecule has 0 atom stereocenters. The van der Waals surface area contributed by atoms with Gasteiger partial charge in [0.2, 0.25) is 0 Å². The molecule has 2 aliphatic heterocycles. The number of benzene rings is 1. The molecule has 1 saturated heterocycles. The quantitative estimate of drug-likeness (QED) is 0.850. The highest BCUT2D eigenvalue weighted by Crippen LogP contribution is 2.19. The first kappa shape index (κ1) is 14.0. The summed E-state index contributed by atoms with van der Waals surface area (Å²) in [5.74, 6) is 0. The molecule has 1 N–H and O–H groups in total. The van der Waals surface area contributed by atoms with Gasteiger partial charge in [-0.1, -0.05) is 24.3 Å². The summed E-state index contributed by atoms with van der Waals surface area (Å²) in [6, 6.07) is 8.27. The molecule has 3 rings (SSSR count). The second kappa shape index (κ2) is 5.81. The Morgan fingerprint density at radius 1 is 0.850 bits per heavy atom. The Morgan fingerprint density at radius 3 is 1.90 bits per heavy atom. The molecule has 0 saturated carbocycles. The summed E-state index contributed by atoms with van der Waals surface area (Å²) >= 11 is 0. The summed E-state index contributed by atoms with van der Waals surface area (Å²) in [6.07, 6.45) is 1.61. The van der Waals surface area contributed by atoms with Crippen LogP contribution < -0.4 is 5.32 Å². The van der Waals surface area contributed by atoms with Crippen molar-refractivity contribution in [1.82, 2.24) is 13.9 Å². The Bertz CT molecular complexity index is 541. The molecule has 0 bridgehead atoms. The van der Waals surface area contributed by atoms with Crippen molar-refractivity contribution in [3.63, 3.8) is 0 Å². The first-order valence-electron chi connectivity index (χ1n) is 7.20. The zero-order valence-corrected chi connectivity index (χ0v) is 12.4. The number of hydrogen-bond donors (Lipinski definition) is 1. The molecule has 1 aromatic rings. The van der Waals surface area contributed by atoms with E-state index in [4.69, 9.17) is 0 Å². The number of fused-ring (bicyclic) bond motifs is 1. The summed E-state index contributed by atoms with van der Waals surface area (Å²) in [6.45, 7) is 3.81. The zero-order valence-electron chi connectivity index (χ0n) is 11.6. The van der Waals surface area contributed by atoms with E-state index in [1.165, 1.54) is 11.1 Å². The van der Waals surface area contributed by atoms with Crippen LogP contribution in [0.5, 0.6) is 0 Å². The predicted molar refractivity (Wildman–Crippen MR) is 78.8 cm³/mol. The minimum Gasteiger partial charge on any atom is -0.314 e. The lowest BCUT2D eigenvalue weighted by Crippen LogP contribution is -2.52. The highest BCUT2D eigenvalue weighted by atomic mass is 32.2. The molecule has 6 heteroatoms. The van der Waals surface area contributed by atoms with Crippen LogP contribution in [-0.4, -0.2) is 56.3 Å². The smallest absolute Gasteiger partial charge is 0.282 e. The topological polar surface area (TPSA) is 52.7 Å². The van der Waals surface area contributed by atoms with Crippen molar-refractivity contribution in [3.05, 3.63) is 35.4 Å². The lowest BCUT2D eigenvalue weighted by molar-refractivity contribution is 0.315. The van der Waals surface area contributed by atoms with Crippen molar-refractivity contribution in [2.24, 2.45) is 0 Å². The molecule has 0 radical (unpaired) electrons. The minimum atomic E-state index is -3.30. The largest absolute Gasteiger partial charge is 0.314 e. The molecule has 0 amide bonds. The van der Waals surface area contributed by atoms with Gasteiger partial charge in [-0.2, -0.15) is 17.0 Å². The molecule has 1 aromatic carbocycles. The van der Waals surface area contributed by atoms with Gasteiger partial charge in [0.25, 0.3) is 10.2 Å². The van der Waals surface area contributed by atoms with Gasteiger partial charge in [-0.25, -0.2) is 0 Å². The first-order chi connectivity index (χ1) is 9.68. The Balaban J connectivity index is 1.75. The third-order valence-electron chi connectivity index (χ3n) is 4.11. The van der Waals surface area contributed by atoms with Gasteiger partial charge in [0, 0.05) is 39.3 Å². The predicted octanol–water partition coefficient (Wildman–Crippen LogP) is 0.237. The van der Waals surface area contributed by atoms with Crippen molar-refractivity contribution in [3.8, 4) is 0 Å². The summed E-state index contributed by atoms with van der Waals surface area (Å²) in [4.78, 5) is 0. The Hall–Kier alpha value is -0.950. The molecular formula is C14H21N3O2S. The number of nitrogens with zero attached hydrogens (tertiary/aromatic N) is 2. The van der Waals surface area contributed by atoms with Gasteiger partial charge in [0.1, 0.15) is 0 Å². The minimum absolute atomic E-state index is 0.575. The molecule has 110 valence electrons. The lowest BCUT2D eigenvalue weighted by atomic mass is 10.0. The third-order valence-corrected chi connectivity index (χ3v) is 6.14. The molecule has 20 heavy (non-hydrogen) atoms. The number of rotatable bonds is 2. The number of hydrogen-bond acceptors (Lipinski definition) is 3. The van der Waals surface area contributed by atoms with E-state index in [1.54, 1.807) is 8.61 Å². The van der Waals surface area contributed by atoms with E-state index in [2.05, 4.69) is 17.4 Å². The van der Waals surface area contributed by atoms with Crippen LogP contribution in [0.1, 0.15) is 11.1 Å². The van der Waals surface area contributed by atoms with Crippen LogP contribution in [0.4, 0.5) is 0 Å². The van der Waals surface area contributed by atoms with Crippen LogP contribution in [0.3, 0.4) is 0 Å². The second-order valence-electron chi connectivity index (χ2n) is 5.32. The maximum Gasteiger partial charge on any atom is 0.282 e. The summed E-state index contributed by atoms with van der Waals surface area (Å²) in [5, 5.41) is 3.19. The first-order valence-corrected chi connectivity index (χ1v) is 8.60. The summed E-state index contributed by atoms with van der Waals surface area (Å²) < 4.78 is 28.6. The maximum atomic E-state index is 12.7. The number of nitrogens with one attached hydrogen (secondary N) is 1. The van der Waals surface area contributed by atoms with Gasteiger partial charge in [-0.05, 0) is 24.0 Å². The molecule has 0 aromatic heterocycles. The zero-order chi connectivity index (χ0) is 14.0. The molecule has 0 unspecified atom stereocenters. The van der Waals surface area contributed by atoms with Gasteiger partial charge in [0.05, 0.1) is 0 Å². The van der Waals surface area contributed by atoms with Crippen molar-refractivity contribution in [1.29, 1.82) is 0 Å². The van der Waals surface area contributed by atoms with Crippen LogP contribution in [0, 0.1) is 0 Å². The molecule has 0 spiro atoms. The van der Waals surface area contributed by atoms with Crippen LogP contribution in [0.2, 0.25) is 0 Å².